The number of nitrogens with one attached hydrogen (secondary N) is 1. The zero-order valence-corrected chi connectivity index (χ0v) is 17.0. The molecule has 1 atom stereocenters. The highest BCUT2D eigenvalue weighted by Gasteiger charge is 2.23. The molecule has 1 amide bonds. The minimum Gasteiger partial charge on any atom is -0.376 e. The summed E-state index contributed by atoms with van der Waals surface area (Å²) < 4.78 is 34.5. The second-order valence-electron chi connectivity index (χ2n) is 7.35. The van der Waals surface area contributed by atoms with Gasteiger partial charge in [0.15, 0.2) is 0 Å². The standard InChI is InChI=1S/C22H20F2N4O4/c23-15-7-9-16(10-8-15)28-22(31)27(13-14-4-1-2-6-18(14)24)21(30)19(26-28)20(29)25-12-17-5-3-11-32-17/h1-2,4,6-10,17H,3,5,11-13H2,(H,25,29). The summed E-state index contributed by atoms with van der Waals surface area (Å²) in [7, 11) is 0. The lowest BCUT2D eigenvalue weighted by Gasteiger charge is -2.14. The maximum Gasteiger partial charge on any atom is 0.352 e. The van der Waals surface area contributed by atoms with Crippen molar-refractivity contribution in [3.05, 3.63) is 92.3 Å². The van der Waals surface area contributed by atoms with Crippen molar-refractivity contribution in [3.8, 4) is 5.69 Å². The topological polar surface area (TPSA) is 95.2 Å². The predicted octanol–water partition coefficient (Wildman–Crippen LogP) is 1.63. The summed E-state index contributed by atoms with van der Waals surface area (Å²) in [5.74, 6) is -1.92. The number of hydrogen-bond donors (Lipinski definition) is 1. The monoisotopic (exact) mass is 442 g/mol. The molecule has 2 heterocycles. The second-order valence-corrected chi connectivity index (χ2v) is 7.35. The lowest BCUT2D eigenvalue weighted by Crippen LogP contribution is -2.46. The maximum absolute atomic E-state index is 14.2. The highest BCUT2D eigenvalue weighted by molar-refractivity contribution is 5.91. The Hall–Kier alpha value is -3.66. The number of carbonyl (C=O) groups excluding carboxylic acids is 1. The summed E-state index contributed by atoms with van der Waals surface area (Å²) in [4.78, 5) is 38.8. The van der Waals surface area contributed by atoms with Crippen LogP contribution in [0.1, 0.15) is 28.9 Å². The van der Waals surface area contributed by atoms with Gasteiger partial charge in [0.2, 0.25) is 5.69 Å². The van der Waals surface area contributed by atoms with Crippen molar-refractivity contribution < 1.29 is 18.3 Å². The predicted molar refractivity (Wildman–Crippen MR) is 111 cm³/mol. The molecule has 1 saturated heterocycles. The van der Waals surface area contributed by atoms with E-state index in [0.29, 0.717) is 6.61 Å². The molecule has 0 radical (unpaired) electrons. The largest absolute Gasteiger partial charge is 0.376 e. The van der Waals surface area contributed by atoms with E-state index >= 15 is 0 Å². The zero-order valence-electron chi connectivity index (χ0n) is 17.0. The third-order valence-electron chi connectivity index (χ3n) is 5.15. The summed E-state index contributed by atoms with van der Waals surface area (Å²) >= 11 is 0. The summed E-state index contributed by atoms with van der Waals surface area (Å²) in [6, 6.07) is 10.5. The van der Waals surface area contributed by atoms with Gasteiger partial charge in [-0.15, -0.1) is 0 Å². The normalized spacial score (nSPS) is 15.6. The number of rotatable bonds is 6. The van der Waals surface area contributed by atoms with Gasteiger partial charge in [0.1, 0.15) is 11.6 Å². The van der Waals surface area contributed by atoms with Crippen LogP contribution in [0.25, 0.3) is 5.69 Å². The number of carbonyl (C=O) groups is 1. The Morgan fingerprint density at radius 3 is 2.56 bits per heavy atom. The lowest BCUT2D eigenvalue weighted by molar-refractivity contribution is 0.0849. The Morgan fingerprint density at radius 1 is 1.12 bits per heavy atom. The summed E-state index contributed by atoms with van der Waals surface area (Å²) in [6.45, 7) is 0.382. The third-order valence-corrected chi connectivity index (χ3v) is 5.15. The average Bonchev–Trinajstić information content (AvgIpc) is 3.31. The van der Waals surface area contributed by atoms with Crippen molar-refractivity contribution in [2.75, 3.05) is 13.2 Å². The van der Waals surface area contributed by atoms with Crippen LogP contribution in [0.3, 0.4) is 0 Å². The molecule has 0 spiro atoms. The molecule has 1 fully saturated rings. The fourth-order valence-corrected chi connectivity index (χ4v) is 3.44. The van der Waals surface area contributed by atoms with Crippen LogP contribution >= 0.6 is 0 Å². The number of halogens is 2. The van der Waals surface area contributed by atoms with E-state index in [9.17, 15) is 23.2 Å². The number of benzene rings is 2. The molecule has 1 aliphatic rings. The second kappa shape index (κ2) is 9.23. The molecule has 1 aromatic heterocycles. The van der Waals surface area contributed by atoms with Crippen molar-refractivity contribution in [1.29, 1.82) is 0 Å². The van der Waals surface area contributed by atoms with Gasteiger partial charge in [0.25, 0.3) is 11.5 Å². The minimum atomic E-state index is -0.957. The SMILES string of the molecule is O=C(NCC1CCCO1)c1nn(-c2ccc(F)cc2)c(=O)n(Cc2ccccc2F)c1=O. The van der Waals surface area contributed by atoms with Gasteiger partial charge >= 0.3 is 5.69 Å². The van der Waals surface area contributed by atoms with Gasteiger partial charge < -0.3 is 10.1 Å². The summed E-state index contributed by atoms with van der Waals surface area (Å²) in [5.41, 5.74) is -2.15. The molecule has 166 valence electrons. The fraction of sp³-hybridized carbons (Fsp3) is 0.273. The van der Waals surface area contributed by atoms with E-state index in [1.54, 1.807) is 6.07 Å². The van der Waals surface area contributed by atoms with Crippen LogP contribution in [-0.4, -0.2) is 39.5 Å². The zero-order chi connectivity index (χ0) is 22.7. The Bertz CT molecular complexity index is 1250. The molecule has 4 rings (SSSR count). The first-order chi connectivity index (χ1) is 15.4. The summed E-state index contributed by atoms with van der Waals surface area (Å²) in [5, 5.41) is 6.55. The van der Waals surface area contributed by atoms with Crippen LogP contribution in [0.15, 0.2) is 58.1 Å². The quantitative estimate of drug-likeness (QED) is 0.626. The molecule has 0 saturated carbocycles. The van der Waals surface area contributed by atoms with Gasteiger partial charge in [0.05, 0.1) is 18.3 Å². The molecule has 2 aromatic carbocycles. The van der Waals surface area contributed by atoms with Crippen LogP contribution < -0.4 is 16.6 Å². The Kier molecular flexibility index (Phi) is 6.22. The first-order valence-electron chi connectivity index (χ1n) is 10.1. The van der Waals surface area contributed by atoms with E-state index in [0.717, 1.165) is 34.2 Å². The molecule has 1 unspecified atom stereocenters. The number of nitrogens with zero attached hydrogens (tertiary/aromatic N) is 3. The van der Waals surface area contributed by atoms with Crippen LogP contribution in [0, 0.1) is 11.6 Å². The molecule has 3 aromatic rings. The van der Waals surface area contributed by atoms with Crippen LogP contribution in [0.5, 0.6) is 0 Å². The third kappa shape index (κ3) is 4.50. The van der Waals surface area contributed by atoms with E-state index in [2.05, 4.69) is 10.4 Å². The van der Waals surface area contributed by atoms with Crippen LogP contribution in [-0.2, 0) is 11.3 Å². The minimum absolute atomic E-state index is 0.0919. The fourth-order valence-electron chi connectivity index (χ4n) is 3.44. The number of ether oxygens (including phenoxy) is 1. The van der Waals surface area contributed by atoms with Crippen LogP contribution in [0.4, 0.5) is 8.78 Å². The van der Waals surface area contributed by atoms with E-state index in [1.165, 1.54) is 30.3 Å². The lowest BCUT2D eigenvalue weighted by atomic mass is 10.2. The maximum atomic E-state index is 14.2. The Morgan fingerprint density at radius 2 is 1.88 bits per heavy atom. The van der Waals surface area contributed by atoms with Gasteiger partial charge in [-0.05, 0) is 43.2 Å². The van der Waals surface area contributed by atoms with E-state index in [4.69, 9.17) is 4.74 Å². The number of aromatic nitrogens is 3. The molecular formula is C22H20F2N4O4. The van der Waals surface area contributed by atoms with Crippen molar-refractivity contribution in [3.63, 3.8) is 0 Å². The number of amides is 1. The molecule has 1 N–H and O–H groups in total. The Labute approximate surface area is 181 Å². The van der Waals surface area contributed by atoms with Gasteiger partial charge in [0, 0.05) is 18.7 Å². The van der Waals surface area contributed by atoms with Gasteiger partial charge in [-0.1, -0.05) is 18.2 Å². The van der Waals surface area contributed by atoms with Crippen LogP contribution in [0.2, 0.25) is 0 Å². The van der Waals surface area contributed by atoms with E-state index < -0.39 is 41.0 Å². The van der Waals surface area contributed by atoms with Gasteiger partial charge in [-0.25, -0.2) is 13.6 Å². The molecule has 8 nitrogen and oxygen atoms in total. The molecular weight excluding hydrogens is 422 g/mol. The first kappa shape index (κ1) is 21.6. The van der Waals surface area contributed by atoms with Crippen molar-refractivity contribution in [1.82, 2.24) is 19.7 Å². The first-order valence-corrected chi connectivity index (χ1v) is 10.1. The smallest absolute Gasteiger partial charge is 0.352 e. The summed E-state index contributed by atoms with van der Waals surface area (Å²) in [6.07, 6.45) is 1.49. The van der Waals surface area contributed by atoms with Gasteiger partial charge in [-0.3, -0.25) is 14.2 Å². The highest BCUT2D eigenvalue weighted by Crippen LogP contribution is 2.11. The molecule has 0 bridgehead atoms. The Balaban J connectivity index is 1.77. The van der Waals surface area contributed by atoms with Crippen molar-refractivity contribution >= 4 is 5.91 Å². The molecule has 1 aliphatic heterocycles. The highest BCUT2D eigenvalue weighted by atomic mass is 19.1. The molecule has 0 aliphatic carbocycles. The average molecular weight is 442 g/mol. The van der Waals surface area contributed by atoms with E-state index in [1.807, 2.05) is 0 Å². The van der Waals surface area contributed by atoms with Gasteiger partial charge in [-0.2, -0.15) is 9.78 Å². The molecule has 32 heavy (non-hydrogen) atoms. The molecule has 10 heteroatoms. The van der Waals surface area contributed by atoms with Crippen molar-refractivity contribution in [2.24, 2.45) is 0 Å². The van der Waals surface area contributed by atoms with Crippen molar-refractivity contribution in [2.45, 2.75) is 25.5 Å². The number of hydrogen-bond acceptors (Lipinski definition) is 5. The van der Waals surface area contributed by atoms with E-state index in [-0.39, 0.29) is 23.9 Å².